The highest BCUT2D eigenvalue weighted by molar-refractivity contribution is 5.95. The molecule has 1 atom stereocenters. The number of hydrogen-bond donors (Lipinski definition) is 1. The normalized spacial score (nSPS) is 18.9. The van der Waals surface area contributed by atoms with E-state index in [1.807, 2.05) is 24.3 Å². The third-order valence-corrected chi connectivity index (χ3v) is 6.95. The molecule has 1 saturated carbocycles. The highest BCUT2D eigenvalue weighted by Crippen LogP contribution is 2.37. The minimum atomic E-state index is -5.06. The number of alkyl halides is 6. The molecule has 5 rings (SSSR count). The SMILES string of the molecule is O=C(C1CC1)N1CCN(C(=O)c2cc(C(F)(F)F)cc(C(F)(F)F)c2)[C@H](Cc2c[nH]c3ccccc23)C1. The second kappa shape index (κ2) is 9.11. The highest BCUT2D eigenvalue weighted by Gasteiger charge is 2.41. The van der Waals surface area contributed by atoms with Crippen LogP contribution in [0.1, 0.15) is 39.9 Å². The van der Waals surface area contributed by atoms with Gasteiger partial charge in [-0.25, -0.2) is 0 Å². The first-order valence-electron chi connectivity index (χ1n) is 11.9. The van der Waals surface area contributed by atoms with E-state index in [1.54, 1.807) is 11.1 Å². The Morgan fingerprint density at radius 2 is 1.57 bits per heavy atom. The number of halogens is 6. The molecule has 2 amide bonds. The topological polar surface area (TPSA) is 56.4 Å². The van der Waals surface area contributed by atoms with E-state index >= 15 is 0 Å². The van der Waals surface area contributed by atoms with E-state index in [9.17, 15) is 35.9 Å². The highest BCUT2D eigenvalue weighted by atomic mass is 19.4. The first kappa shape index (κ1) is 25.2. The van der Waals surface area contributed by atoms with Gasteiger partial charge in [-0.2, -0.15) is 26.3 Å². The van der Waals surface area contributed by atoms with Gasteiger partial charge in [0.05, 0.1) is 17.2 Å². The zero-order valence-corrected chi connectivity index (χ0v) is 19.5. The number of nitrogens with one attached hydrogen (secondary N) is 1. The number of carbonyl (C=O) groups is 2. The zero-order valence-electron chi connectivity index (χ0n) is 19.5. The van der Waals surface area contributed by atoms with Crippen molar-refractivity contribution >= 4 is 22.7 Å². The van der Waals surface area contributed by atoms with Crippen molar-refractivity contribution in [2.75, 3.05) is 19.6 Å². The average Bonchev–Trinajstić information content (AvgIpc) is 3.63. The molecule has 1 saturated heterocycles. The molecule has 0 radical (unpaired) electrons. The summed E-state index contributed by atoms with van der Waals surface area (Å²) in [4.78, 5) is 32.3. The molecule has 37 heavy (non-hydrogen) atoms. The van der Waals surface area contributed by atoms with Crippen molar-refractivity contribution in [3.8, 4) is 0 Å². The largest absolute Gasteiger partial charge is 0.416 e. The number of fused-ring (bicyclic) bond motifs is 1. The second-order valence-electron chi connectivity index (χ2n) is 9.57. The summed E-state index contributed by atoms with van der Waals surface area (Å²) >= 11 is 0. The number of benzene rings is 2. The Morgan fingerprint density at radius 3 is 2.19 bits per heavy atom. The minimum Gasteiger partial charge on any atom is -0.361 e. The van der Waals surface area contributed by atoms with Crippen LogP contribution in [0.4, 0.5) is 26.3 Å². The fraction of sp³-hybridized carbons (Fsp3) is 0.385. The summed E-state index contributed by atoms with van der Waals surface area (Å²) < 4.78 is 80.4. The quantitative estimate of drug-likeness (QED) is 0.459. The summed E-state index contributed by atoms with van der Waals surface area (Å²) in [7, 11) is 0. The van der Waals surface area contributed by atoms with Gasteiger partial charge in [0, 0.05) is 48.2 Å². The summed E-state index contributed by atoms with van der Waals surface area (Å²) in [6.07, 6.45) is -6.51. The van der Waals surface area contributed by atoms with Crippen LogP contribution in [0.2, 0.25) is 0 Å². The van der Waals surface area contributed by atoms with Crippen molar-refractivity contribution < 1.29 is 35.9 Å². The van der Waals surface area contributed by atoms with Crippen LogP contribution < -0.4 is 0 Å². The molecule has 5 nitrogen and oxygen atoms in total. The van der Waals surface area contributed by atoms with E-state index in [2.05, 4.69) is 4.98 Å². The molecule has 2 aromatic carbocycles. The third kappa shape index (κ3) is 5.17. The van der Waals surface area contributed by atoms with E-state index in [0.29, 0.717) is 12.1 Å². The van der Waals surface area contributed by atoms with Crippen LogP contribution >= 0.6 is 0 Å². The molecule has 3 aromatic rings. The van der Waals surface area contributed by atoms with Gasteiger partial charge in [-0.15, -0.1) is 0 Å². The van der Waals surface area contributed by atoms with Gasteiger partial charge in [-0.05, 0) is 49.1 Å². The van der Waals surface area contributed by atoms with E-state index in [4.69, 9.17) is 0 Å². The van der Waals surface area contributed by atoms with Crippen molar-refractivity contribution in [3.63, 3.8) is 0 Å². The molecule has 0 unspecified atom stereocenters. The molecular weight excluding hydrogens is 500 g/mol. The molecule has 2 fully saturated rings. The van der Waals surface area contributed by atoms with Crippen LogP contribution in [0.5, 0.6) is 0 Å². The van der Waals surface area contributed by atoms with Crippen LogP contribution in [-0.2, 0) is 23.6 Å². The Balaban J connectivity index is 1.50. The number of amides is 2. The van der Waals surface area contributed by atoms with Gasteiger partial charge < -0.3 is 14.8 Å². The standard InChI is InChI=1S/C26H23F6N3O2/c27-25(28,29)18-9-16(10-19(12-18)26(30,31)32)24(37)35-8-7-34(23(36)15-5-6-15)14-20(35)11-17-13-33-22-4-2-1-3-21(17)22/h1-4,9-10,12-13,15,20,33H,5-8,11,14H2/t20-/m1/s1. The molecule has 1 aliphatic carbocycles. The van der Waals surface area contributed by atoms with Crippen molar-refractivity contribution in [3.05, 3.63) is 70.9 Å². The lowest BCUT2D eigenvalue weighted by atomic mass is 9.98. The Labute approximate surface area is 208 Å². The fourth-order valence-electron chi connectivity index (χ4n) is 4.88. The lowest BCUT2D eigenvalue weighted by Crippen LogP contribution is -2.57. The molecule has 1 aliphatic heterocycles. The van der Waals surface area contributed by atoms with Crippen molar-refractivity contribution in [2.45, 2.75) is 37.7 Å². The molecule has 1 aromatic heterocycles. The van der Waals surface area contributed by atoms with Crippen LogP contribution in [0, 0.1) is 5.92 Å². The van der Waals surface area contributed by atoms with Gasteiger partial charge >= 0.3 is 12.4 Å². The predicted molar refractivity (Wildman–Crippen MR) is 123 cm³/mol. The number of H-pyrrole nitrogens is 1. The summed E-state index contributed by atoms with van der Waals surface area (Å²) in [6, 6.07) is 7.73. The summed E-state index contributed by atoms with van der Waals surface area (Å²) in [5.41, 5.74) is -2.08. The second-order valence-corrected chi connectivity index (χ2v) is 9.57. The smallest absolute Gasteiger partial charge is 0.361 e. The number of carbonyl (C=O) groups excluding carboxylic acids is 2. The number of hydrogen-bond acceptors (Lipinski definition) is 2. The molecule has 1 N–H and O–H groups in total. The lowest BCUT2D eigenvalue weighted by molar-refractivity contribution is -0.143. The summed E-state index contributed by atoms with van der Waals surface area (Å²) in [5, 5.41) is 0.888. The van der Waals surface area contributed by atoms with Crippen molar-refractivity contribution in [2.24, 2.45) is 5.92 Å². The molecule has 2 heterocycles. The molecule has 11 heteroatoms. The lowest BCUT2D eigenvalue weighted by Gasteiger charge is -2.42. The number of piperazine rings is 1. The Kier molecular flexibility index (Phi) is 6.19. The molecule has 0 spiro atoms. The Bertz CT molecular complexity index is 1310. The maximum Gasteiger partial charge on any atom is 0.416 e. The third-order valence-electron chi connectivity index (χ3n) is 6.95. The number of nitrogens with zero attached hydrogens (tertiary/aromatic N) is 2. The van der Waals surface area contributed by atoms with Crippen LogP contribution in [-0.4, -0.2) is 52.3 Å². The van der Waals surface area contributed by atoms with Crippen molar-refractivity contribution in [1.82, 2.24) is 14.8 Å². The van der Waals surface area contributed by atoms with E-state index in [-0.39, 0.29) is 43.9 Å². The monoisotopic (exact) mass is 523 g/mol. The first-order chi connectivity index (χ1) is 17.4. The Morgan fingerprint density at radius 1 is 0.919 bits per heavy atom. The molecular formula is C26H23F6N3O2. The van der Waals surface area contributed by atoms with Gasteiger partial charge in [-0.1, -0.05) is 18.2 Å². The number of rotatable bonds is 4. The number of aromatic nitrogens is 1. The van der Waals surface area contributed by atoms with Gasteiger partial charge in [0.2, 0.25) is 5.91 Å². The van der Waals surface area contributed by atoms with Crippen LogP contribution in [0.3, 0.4) is 0 Å². The van der Waals surface area contributed by atoms with Gasteiger partial charge in [-0.3, -0.25) is 9.59 Å². The van der Waals surface area contributed by atoms with Crippen LogP contribution in [0.25, 0.3) is 10.9 Å². The van der Waals surface area contributed by atoms with E-state index in [1.165, 1.54) is 4.90 Å². The maximum atomic E-state index is 13.5. The van der Waals surface area contributed by atoms with E-state index < -0.39 is 41.0 Å². The summed E-state index contributed by atoms with van der Waals surface area (Å²) in [5.74, 6) is -1.02. The predicted octanol–water partition coefficient (Wildman–Crippen LogP) is 5.51. The van der Waals surface area contributed by atoms with E-state index in [0.717, 1.165) is 29.3 Å². The van der Waals surface area contributed by atoms with Gasteiger partial charge in [0.15, 0.2) is 0 Å². The molecule has 196 valence electrons. The molecule has 0 bridgehead atoms. The average molecular weight is 523 g/mol. The zero-order chi connectivity index (χ0) is 26.5. The fourth-order valence-corrected chi connectivity index (χ4v) is 4.88. The number of para-hydroxylation sites is 1. The maximum absolute atomic E-state index is 13.5. The van der Waals surface area contributed by atoms with Crippen molar-refractivity contribution in [1.29, 1.82) is 0 Å². The number of aromatic amines is 1. The van der Waals surface area contributed by atoms with Crippen LogP contribution in [0.15, 0.2) is 48.7 Å². The van der Waals surface area contributed by atoms with Gasteiger partial charge in [0.25, 0.3) is 5.91 Å². The Hall–Kier alpha value is -3.50. The van der Waals surface area contributed by atoms with Gasteiger partial charge in [0.1, 0.15) is 0 Å². The molecule has 2 aliphatic rings. The first-order valence-corrected chi connectivity index (χ1v) is 11.9. The summed E-state index contributed by atoms with van der Waals surface area (Å²) in [6.45, 7) is 0.310. The minimum absolute atomic E-state index is 0.00190.